The van der Waals surface area contributed by atoms with Crippen LogP contribution >= 0.6 is 15.9 Å². The first kappa shape index (κ1) is 19.5. The van der Waals surface area contributed by atoms with Gasteiger partial charge in [0.25, 0.3) is 23.4 Å². The summed E-state index contributed by atoms with van der Waals surface area (Å²) >= 11 is 3.32. The van der Waals surface area contributed by atoms with Gasteiger partial charge < -0.3 is 5.32 Å². The number of anilines is 2. The Bertz CT molecular complexity index is 1210. The maximum absolute atomic E-state index is 12.7. The van der Waals surface area contributed by atoms with Gasteiger partial charge in [0.1, 0.15) is 0 Å². The lowest BCUT2D eigenvalue weighted by Gasteiger charge is -2.14. The second-order valence-corrected chi connectivity index (χ2v) is 7.36. The molecule has 1 heterocycles. The number of hydrogen-bond acceptors (Lipinski definition) is 5. The predicted octanol–water partition coefficient (Wildman–Crippen LogP) is 4.41. The van der Waals surface area contributed by atoms with E-state index in [1.165, 1.54) is 36.4 Å². The molecule has 1 N–H and O–H groups in total. The minimum Gasteiger partial charge on any atom is -0.322 e. The molecule has 4 rings (SSSR count). The number of nitrogens with zero attached hydrogens (tertiary/aromatic N) is 2. The molecule has 0 radical (unpaired) electrons. The van der Waals surface area contributed by atoms with E-state index in [2.05, 4.69) is 21.2 Å². The lowest BCUT2D eigenvalue weighted by molar-refractivity contribution is -0.384. The summed E-state index contributed by atoms with van der Waals surface area (Å²) in [5.74, 6) is -1.57. The van der Waals surface area contributed by atoms with Gasteiger partial charge in [-0.1, -0.05) is 15.9 Å². The quantitative estimate of drug-likeness (QED) is 0.348. The number of amides is 3. The van der Waals surface area contributed by atoms with Gasteiger partial charge in [0.05, 0.1) is 21.7 Å². The average molecular weight is 466 g/mol. The molecule has 30 heavy (non-hydrogen) atoms. The molecule has 3 aromatic carbocycles. The monoisotopic (exact) mass is 465 g/mol. The van der Waals surface area contributed by atoms with Gasteiger partial charge in [0.15, 0.2) is 0 Å². The minimum absolute atomic E-state index is 0.0220. The van der Waals surface area contributed by atoms with Crippen molar-refractivity contribution in [3.8, 4) is 0 Å². The number of imide groups is 1. The summed E-state index contributed by atoms with van der Waals surface area (Å²) in [6.07, 6.45) is 0. The molecular formula is C21H12BrN3O5. The van der Waals surface area contributed by atoms with Crippen LogP contribution in [-0.2, 0) is 0 Å². The highest BCUT2D eigenvalue weighted by Crippen LogP contribution is 2.31. The number of hydrogen-bond donors (Lipinski definition) is 1. The number of benzene rings is 3. The van der Waals surface area contributed by atoms with Crippen molar-refractivity contribution in [2.75, 3.05) is 10.2 Å². The number of nitro groups is 1. The van der Waals surface area contributed by atoms with Gasteiger partial charge >= 0.3 is 0 Å². The van der Waals surface area contributed by atoms with Gasteiger partial charge in [0, 0.05) is 27.9 Å². The first-order valence-corrected chi connectivity index (χ1v) is 9.48. The van der Waals surface area contributed by atoms with E-state index < -0.39 is 16.7 Å². The minimum atomic E-state index is -0.647. The number of halogens is 1. The topological polar surface area (TPSA) is 110 Å². The summed E-state index contributed by atoms with van der Waals surface area (Å²) in [6, 6.07) is 16.6. The number of carbonyl (C=O) groups excluding carboxylic acids is 3. The van der Waals surface area contributed by atoms with Crippen molar-refractivity contribution in [3.63, 3.8) is 0 Å². The fourth-order valence-electron chi connectivity index (χ4n) is 3.08. The van der Waals surface area contributed by atoms with Gasteiger partial charge in [-0.25, -0.2) is 4.90 Å². The molecule has 0 spiro atoms. The lowest BCUT2D eigenvalue weighted by Crippen LogP contribution is -2.29. The van der Waals surface area contributed by atoms with Crippen molar-refractivity contribution in [1.82, 2.24) is 0 Å². The smallest absolute Gasteiger partial charge is 0.270 e. The van der Waals surface area contributed by atoms with Gasteiger partial charge in [-0.05, 0) is 54.6 Å². The molecule has 1 aliphatic heterocycles. The Labute approximate surface area is 178 Å². The molecule has 0 unspecified atom stereocenters. The van der Waals surface area contributed by atoms with E-state index in [1.54, 1.807) is 24.3 Å². The SMILES string of the molecule is O=C(Nc1ccc(Br)cc1)c1ccc(N2C(=O)c3ccc([N+](=O)[O-])cc3C2=O)cc1. The summed E-state index contributed by atoms with van der Waals surface area (Å²) in [4.78, 5) is 49.0. The Hall–Kier alpha value is -3.85. The van der Waals surface area contributed by atoms with Crippen LogP contribution in [0, 0.1) is 10.1 Å². The van der Waals surface area contributed by atoms with Crippen molar-refractivity contribution < 1.29 is 19.3 Å². The van der Waals surface area contributed by atoms with Crippen molar-refractivity contribution in [1.29, 1.82) is 0 Å². The maximum atomic E-state index is 12.7. The molecule has 0 saturated carbocycles. The van der Waals surface area contributed by atoms with E-state index in [1.807, 2.05) is 0 Å². The van der Waals surface area contributed by atoms with E-state index in [9.17, 15) is 24.5 Å². The van der Waals surface area contributed by atoms with Crippen molar-refractivity contribution in [2.24, 2.45) is 0 Å². The van der Waals surface area contributed by atoms with Crippen LogP contribution in [0.25, 0.3) is 0 Å². The summed E-state index contributed by atoms with van der Waals surface area (Å²) in [5, 5.41) is 13.7. The molecule has 148 valence electrons. The highest BCUT2D eigenvalue weighted by molar-refractivity contribution is 9.10. The zero-order valence-electron chi connectivity index (χ0n) is 15.2. The number of nitro benzene ring substituents is 1. The zero-order valence-corrected chi connectivity index (χ0v) is 16.8. The Morgan fingerprint density at radius 1 is 0.900 bits per heavy atom. The zero-order chi connectivity index (χ0) is 21.4. The molecule has 0 atom stereocenters. The Kier molecular flexibility index (Phi) is 4.88. The van der Waals surface area contributed by atoms with Crippen molar-refractivity contribution in [2.45, 2.75) is 0 Å². The van der Waals surface area contributed by atoms with Crippen LogP contribution in [0.3, 0.4) is 0 Å². The molecule has 0 bridgehead atoms. The van der Waals surface area contributed by atoms with Crippen molar-refractivity contribution in [3.05, 3.63) is 98.0 Å². The van der Waals surface area contributed by atoms with E-state index in [0.29, 0.717) is 11.3 Å². The molecule has 0 aromatic heterocycles. The third-order valence-corrected chi connectivity index (χ3v) is 5.10. The Balaban J connectivity index is 1.56. The standard InChI is InChI=1S/C21H12BrN3O5/c22-13-3-5-14(6-4-13)23-19(26)12-1-7-15(8-2-12)24-20(27)17-10-9-16(25(29)30)11-18(17)21(24)28/h1-11H,(H,23,26). The normalized spacial score (nSPS) is 12.6. The highest BCUT2D eigenvalue weighted by Gasteiger charge is 2.37. The molecule has 0 saturated heterocycles. The predicted molar refractivity (Wildman–Crippen MR) is 113 cm³/mol. The summed E-state index contributed by atoms with van der Waals surface area (Å²) in [5.41, 5.74) is 1.04. The fourth-order valence-corrected chi connectivity index (χ4v) is 3.34. The van der Waals surface area contributed by atoms with Crippen molar-refractivity contribution >= 4 is 50.7 Å². The molecule has 0 aliphatic carbocycles. The largest absolute Gasteiger partial charge is 0.322 e. The second-order valence-electron chi connectivity index (χ2n) is 6.44. The number of fused-ring (bicyclic) bond motifs is 1. The fraction of sp³-hybridized carbons (Fsp3) is 0. The van der Waals surface area contributed by atoms with E-state index in [-0.39, 0.29) is 28.4 Å². The highest BCUT2D eigenvalue weighted by atomic mass is 79.9. The van der Waals surface area contributed by atoms with Crippen LogP contribution in [0.4, 0.5) is 17.1 Å². The van der Waals surface area contributed by atoms with Gasteiger partial charge in [-0.15, -0.1) is 0 Å². The Morgan fingerprint density at radius 2 is 1.53 bits per heavy atom. The third kappa shape index (κ3) is 3.46. The van der Waals surface area contributed by atoms with Gasteiger partial charge in [0.2, 0.25) is 0 Å². The number of rotatable bonds is 4. The molecular weight excluding hydrogens is 454 g/mol. The summed E-state index contributed by atoms with van der Waals surface area (Å²) in [7, 11) is 0. The number of non-ortho nitro benzene ring substituents is 1. The van der Waals surface area contributed by atoms with Gasteiger partial charge in [-0.3, -0.25) is 24.5 Å². The molecule has 3 amide bonds. The third-order valence-electron chi connectivity index (χ3n) is 4.57. The van der Waals surface area contributed by atoms with E-state index in [0.717, 1.165) is 15.4 Å². The van der Waals surface area contributed by atoms with Crippen LogP contribution in [0.5, 0.6) is 0 Å². The first-order valence-electron chi connectivity index (χ1n) is 8.69. The lowest BCUT2D eigenvalue weighted by atomic mass is 10.1. The molecule has 3 aromatic rings. The summed E-state index contributed by atoms with van der Waals surface area (Å²) in [6.45, 7) is 0. The van der Waals surface area contributed by atoms with Crippen LogP contribution < -0.4 is 10.2 Å². The number of nitrogens with one attached hydrogen (secondary N) is 1. The summed E-state index contributed by atoms with van der Waals surface area (Å²) < 4.78 is 0.885. The first-order chi connectivity index (χ1) is 14.3. The van der Waals surface area contributed by atoms with Gasteiger partial charge in [-0.2, -0.15) is 0 Å². The molecule has 1 aliphatic rings. The average Bonchev–Trinajstić information content (AvgIpc) is 2.99. The van der Waals surface area contributed by atoms with E-state index >= 15 is 0 Å². The molecule has 9 heteroatoms. The maximum Gasteiger partial charge on any atom is 0.270 e. The van der Waals surface area contributed by atoms with Crippen LogP contribution in [0.1, 0.15) is 31.1 Å². The van der Waals surface area contributed by atoms with Crippen LogP contribution in [0.15, 0.2) is 71.2 Å². The molecule has 0 fully saturated rings. The Morgan fingerprint density at radius 3 is 2.17 bits per heavy atom. The van der Waals surface area contributed by atoms with Crippen LogP contribution in [0.2, 0.25) is 0 Å². The number of carbonyl (C=O) groups is 3. The second kappa shape index (κ2) is 7.53. The van der Waals surface area contributed by atoms with E-state index in [4.69, 9.17) is 0 Å². The molecule has 8 nitrogen and oxygen atoms in total. The van der Waals surface area contributed by atoms with Crippen LogP contribution in [-0.4, -0.2) is 22.6 Å².